The highest BCUT2D eigenvalue weighted by molar-refractivity contribution is 5.78. The molecule has 0 bridgehead atoms. The zero-order chi connectivity index (χ0) is 20.1. The number of rotatable bonds is 6. The molecule has 0 amide bonds. The van der Waals surface area contributed by atoms with Gasteiger partial charge in [-0.05, 0) is 36.5 Å². The van der Waals surface area contributed by atoms with Gasteiger partial charge in [-0.3, -0.25) is 0 Å². The summed E-state index contributed by atoms with van der Waals surface area (Å²) in [5.41, 5.74) is 9.20. The maximum atomic E-state index is 14.5. The Hall–Kier alpha value is -3.15. The van der Waals surface area contributed by atoms with E-state index in [2.05, 4.69) is 15.0 Å². The van der Waals surface area contributed by atoms with Crippen LogP contribution in [0.25, 0.3) is 11.1 Å². The highest BCUT2D eigenvalue weighted by atomic mass is 19.1. The second kappa shape index (κ2) is 8.90. The Balaban J connectivity index is 1.34. The highest BCUT2D eigenvalue weighted by Gasteiger charge is 2.13. The Bertz CT molecular complexity index is 978. The predicted molar refractivity (Wildman–Crippen MR) is 112 cm³/mol. The van der Waals surface area contributed by atoms with Crippen LogP contribution in [0, 0.1) is 5.82 Å². The van der Waals surface area contributed by atoms with Gasteiger partial charge in [0.1, 0.15) is 17.3 Å². The molecule has 1 fully saturated rings. The van der Waals surface area contributed by atoms with E-state index in [-0.39, 0.29) is 5.82 Å². The van der Waals surface area contributed by atoms with Crippen LogP contribution in [-0.2, 0) is 19.4 Å². The molecule has 150 valence electrons. The number of nitrogens with zero attached hydrogens (tertiary/aromatic N) is 3. The summed E-state index contributed by atoms with van der Waals surface area (Å²) in [4.78, 5) is 6.50. The van der Waals surface area contributed by atoms with Crippen LogP contribution in [0.5, 0.6) is 0 Å². The Kier molecular flexibility index (Phi) is 5.89. The molecule has 1 saturated heterocycles. The van der Waals surface area contributed by atoms with Crippen molar-refractivity contribution in [1.29, 1.82) is 0 Å². The van der Waals surface area contributed by atoms with Crippen LogP contribution >= 0.6 is 0 Å². The number of hydrogen-bond donors (Lipinski definition) is 1. The third-order valence-corrected chi connectivity index (χ3v) is 5.22. The van der Waals surface area contributed by atoms with Crippen molar-refractivity contribution in [3.8, 4) is 11.1 Å². The van der Waals surface area contributed by atoms with Gasteiger partial charge in [0.2, 0.25) is 0 Å². The second-order valence-corrected chi connectivity index (χ2v) is 7.33. The van der Waals surface area contributed by atoms with Gasteiger partial charge >= 0.3 is 0 Å². The van der Waals surface area contributed by atoms with Crippen LogP contribution in [0.15, 0.2) is 64.1 Å². The van der Waals surface area contributed by atoms with E-state index in [0.717, 1.165) is 48.5 Å². The highest BCUT2D eigenvalue weighted by Crippen LogP contribution is 2.24. The van der Waals surface area contributed by atoms with Crippen molar-refractivity contribution in [2.24, 2.45) is 10.7 Å². The summed E-state index contributed by atoms with van der Waals surface area (Å²) < 4.78 is 19.9. The molecular formula is C23H25FN4O. The summed E-state index contributed by atoms with van der Waals surface area (Å²) in [5.74, 6) is 1.13. The zero-order valence-electron chi connectivity index (χ0n) is 16.4. The molecule has 2 N–H and O–H groups in total. The van der Waals surface area contributed by atoms with Crippen molar-refractivity contribution >= 4 is 5.96 Å². The number of aromatic nitrogens is 1. The number of likely N-dealkylation sites (tertiary alicyclic amines) is 1. The van der Waals surface area contributed by atoms with Gasteiger partial charge in [0.15, 0.2) is 5.96 Å². The van der Waals surface area contributed by atoms with E-state index in [4.69, 9.17) is 10.3 Å². The molecule has 4 rings (SSSR count). The molecule has 0 radical (unpaired) electrons. The third-order valence-electron chi connectivity index (χ3n) is 5.22. The van der Waals surface area contributed by atoms with E-state index in [9.17, 15) is 4.39 Å². The minimum atomic E-state index is -0.210. The summed E-state index contributed by atoms with van der Waals surface area (Å²) in [6.07, 6.45) is 3.66. The third kappa shape index (κ3) is 4.83. The van der Waals surface area contributed by atoms with Gasteiger partial charge in [0.05, 0.1) is 6.54 Å². The van der Waals surface area contributed by atoms with Gasteiger partial charge < -0.3 is 15.2 Å². The SMILES string of the molecule is NC(=NCc1cc(CCc2ccc(-c3ccccc3)c(F)c2)on1)N1CCCC1. The van der Waals surface area contributed by atoms with Gasteiger partial charge in [-0.15, -0.1) is 0 Å². The van der Waals surface area contributed by atoms with Crippen LogP contribution in [0.4, 0.5) is 4.39 Å². The predicted octanol–water partition coefficient (Wildman–Crippen LogP) is 4.18. The zero-order valence-corrected chi connectivity index (χ0v) is 16.4. The number of aliphatic imine (C=N–C) groups is 1. The molecule has 0 saturated carbocycles. The minimum Gasteiger partial charge on any atom is -0.370 e. The molecule has 0 aliphatic carbocycles. The van der Waals surface area contributed by atoms with E-state index in [1.54, 1.807) is 6.07 Å². The summed E-state index contributed by atoms with van der Waals surface area (Å²) in [6, 6.07) is 16.9. The largest absolute Gasteiger partial charge is 0.370 e. The van der Waals surface area contributed by atoms with Crippen LogP contribution < -0.4 is 5.73 Å². The first-order chi connectivity index (χ1) is 14.2. The van der Waals surface area contributed by atoms with Crippen molar-refractivity contribution in [2.75, 3.05) is 13.1 Å². The van der Waals surface area contributed by atoms with Crippen LogP contribution in [0.2, 0.25) is 0 Å². The minimum absolute atomic E-state index is 0.210. The molecule has 1 aliphatic rings. The molecule has 29 heavy (non-hydrogen) atoms. The number of aryl methyl sites for hydroxylation is 2. The normalized spacial score (nSPS) is 14.5. The van der Waals surface area contributed by atoms with Gasteiger partial charge in [-0.2, -0.15) is 0 Å². The van der Waals surface area contributed by atoms with Crippen molar-refractivity contribution in [1.82, 2.24) is 10.1 Å². The fourth-order valence-corrected chi connectivity index (χ4v) is 3.59. The Labute approximate surface area is 170 Å². The number of hydrogen-bond acceptors (Lipinski definition) is 3. The smallest absolute Gasteiger partial charge is 0.191 e. The maximum Gasteiger partial charge on any atom is 0.191 e. The molecule has 1 aliphatic heterocycles. The van der Waals surface area contributed by atoms with Crippen molar-refractivity contribution < 1.29 is 8.91 Å². The van der Waals surface area contributed by atoms with Crippen LogP contribution in [0.1, 0.15) is 29.9 Å². The van der Waals surface area contributed by atoms with E-state index >= 15 is 0 Å². The topological polar surface area (TPSA) is 67.6 Å². The van der Waals surface area contributed by atoms with Crippen LogP contribution in [-0.4, -0.2) is 29.1 Å². The maximum absolute atomic E-state index is 14.5. The Morgan fingerprint density at radius 1 is 1.07 bits per heavy atom. The molecule has 6 heteroatoms. The van der Waals surface area contributed by atoms with Gasteiger partial charge in [0, 0.05) is 31.1 Å². The quantitative estimate of drug-likeness (QED) is 0.505. The fraction of sp³-hybridized carbons (Fsp3) is 0.304. The second-order valence-electron chi connectivity index (χ2n) is 7.33. The van der Waals surface area contributed by atoms with E-state index in [1.807, 2.05) is 48.5 Å². The van der Waals surface area contributed by atoms with Crippen molar-refractivity contribution in [3.63, 3.8) is 0 Å². The molecule has 0 atom stereocenters. The lowest BCUT2D eigenvalue weighted by Crippen LogP contribution is -2.34. The first kappa shape index (κ1) is 19.2. The number of guanidine groups is 1. The molecular weight excluding hydrogens is 367 g/mol. The summed E-state index contributed by atoms with van der Waals surface area (Å²) in [5, 5.41) is 4.07. The average Bonchev–Trinajstić information content (AvgIpc) is 3.43. The van der Waals surface area contributed by atoms with Crippen molar-refractivity contribution in [2.45, 2.75) is 32.2 Å². The Morgan fingerprint density at radius 3 is 2.62 bits per heavy atom. The van der Waals surface area contributed by atoms with Gasteiger partial charge in [-0.25, -0.2) is 9.38 Å². The lowest BCUT2D eigenvalue weighted by molar-refractivity contribution is 0.377. The molecule has 0 unspecified atom stereocenters. The average molecular weight is 392 g/mol. The fourth-order valence-electron chi connectivity index (χ4n) is 3.59. The first-order valence-electron chi connectivity index (χ1n) is 10.0. The van der Waals surface area contributed by atoms with Gasteiger partial charge in [-0.1, -0.05) is 47.6 Å². The molecule has 1 aromatic heterocycles. The van der Waals surface area contributed by atoms with E-state index < -0.39 is 0 Å². The van der Waals surface area contributed by atoms with Crippen LogP contribution in [0.3, 0.4) is 0 Å². The molecule has 0 spiro atoms. The number of halogens is 1. The lowest BCUT2D eigenvalue weighted by atomic mass is 10.0. The first-order valence-corrected chi connectivity index (χ1v) is 10.0. The summed E-state index contributed by atoms with van der Waals surface area (Å²) in [7, 11) is 0. The molecule has 5 nitrogen and oxygen atoms in total. The monoisotopic (exact) mass is 392 g/mol. The van der Waals surface area contributed by atoms with E-state index in [1.165, 1.54) is 0 Å². The Morgan fingerprint density at radius 2 is 1.86 bits per heavy atom. The molecule has 3 aromatic rings. The summed E-state index contributed by atoms with van der Waals surface area (Å²) >= 11 is 0. The summed E-state index contributed by atoms with van der Waals surface area (Å²) in [6.45, 7) is 2.35. The number of nitrogens with two attached hydrogens (primary N) is 1. The van der Waals surface area contributed by atoms with E-state index in [0.29, 0.717) is 30.9 Å². The standard InChI is InChI=1S/C23H25FN4O/c24-22-14-17(9-11-21(22)18-6-2-1-3-7-18)8-10-20-15-19(27-29-20)16-26-23(25)28-12-4-5-13-28/h1-3,6-7,9,11,14-15H,4-5,8,10,12-13,16H2,(H2,25,26). The lowest BCUT2D eigenvalue weighted by Gasteiger charge is -2.15. The van der Waals surface area contributed by atoms with Gasteiger partial charge in [0.25, 0.3) is 0 Å². The molecule has 2 heterocycles. The number of benzene rings is 2. The van der Waals surface area contributed by atoms with Crippen molar-refractivity contribution in [3.05, 3.63) is 77.4 Å². The molecule has 2 aromatic carbocycles.